The van der Waals surface area contributed by atoms with Gasteiger partial charge in [0.2, 0.25) is 10.0 Å². The Kier molecular flexibility index (Phi) is 5.63. The zero-order valence-electron chi connectivity index (χ0n) is 14.0. The largest absolute Gasteiger partial charge is 0.241 e. The van der Waals surface area contributed by atoms with E-state index in [1.54, 1.807) is 11.3 Å². The Labute approximate surface area is 152 Å². The third kappa shape index (κ3) is 5.22. The second-order valence-corrected chi connectivity index (χ2v) is 8.57. The van der Waals surface area contributed by atoms with Gasteiger partial charge in [-0.05, 0) is 18.6 Å². The number of nitrogens with zero attached hydrogens (tertiary/aromatic N) is 1. The van der Waals surface area contributed by atoms with Crippen LogP contribution in [0.25, 0.3) is 10.6 Å². The first kappa shape index (κ1) is 17.8. The van der Waals surface area contributed by atoms with Gasteiger partial charge >= 0.3 is 0 Å². The lowest BCUT2D eigenvalue weighted by Gasteiger charge is -2.06. The maximum absolute atomic E-state index is 12.1. The van der Waals surface area contributed by atoms with E-state index in [0.717, 1.165) is 21.8 Å². The molecule has 25 heavy (non-hydrogen) atoms. The molecule has 130 valence electrons. The van der Waals surface area contributed by atoms with Gasteiger partial charge in [-0.1, -0.05) is 54.1 Å². The van der Waals surface area contributed by atoms with Crippen LogP contribution in [0.4, 0.5) is 0 Å². The zero-order chi connectivity index (χ0) is 17.7. The molecule has 0 amide bonds. The molecular weight excluding hydrogens is 352 g/mol. The van der Waals surface area contributed by atoms with Crippen LogP contribution in [0.15, 0.2) is 60.0 Å². The molecule has 0 atom stereocenters. The first-order valence-electron chi connectivity index (χ1n) is 8.04. The minimum absolute atomic E-state index is 0.000548. The van der Waals surface area contributed by atoms with Crippen LogP contribution in [0.2, 0.25) is 0 Å². The first-order valence-corrected chi connectivity index (χ1v) is 10.6. The van der Waals surface area contributed by atoms with Gasteiger partial charge in [-0.15, -0.1) is 11.3 Å². The number of aromatic nitrogens is 1. The summed E-state index contributed by atoms with van der Waals surface area (Å²) >= 11 is 1.58. The van der Waals surface area contributed by atoms with Crippen molar-refractivity contribution in [1.82, 2.24) is 9.71 Å². The summed E-state index contributed by atoms with van der Waals surface area (Å²) in [5.41, 5.74) is 3.98. The fourth-order valence-corrected chi connectivity index (χ4v) is 4.51. The second-order valence-electron chi connectivity index (χ2n) is 5.90. The molecule has 2 aromatic carbocycles. The predicted octanol–water partition coefficient (Wildman–Crippen LogP) is 3.78. The third-order valence-corrected chi connectivity index (χ3v) is 6.02. The molecule has 6 heteroatoms. The van der Waals surface area contributed by atoms with E-state index in [9.17, 15) is 8.42 Å². The van der Waals surface area contributed by atoms with Crippen LogP contribution in [0, 0.1) is 6.92 Å². The number of aryl methyl sites for hydroxylation is 1. The molecule has 0 bridgehead atoms. The molecule has 0 spiro atoms. The molecule has 0 aliphatic heterocycles. The average Bonchev–Trinajstić information content (AvgIpc) is 3.04. The van der Waals surface area contributed by atoms with Crippen LogP contribution in [0.5, 0.6) is 0 Å². The summed E-state index contributed by atoms with van der Waals surface area (Å²) in [6, 6.07) is 17.4. The summed E-state index contributed by atoms with van der Waals surface area (Å²) in [7, 11) is -3.33. The molecule has 4 nitrogen and oxygen atoms in total. The van der Waals surface area contributed by atoms with Gasteiger partial charge in [-0.25, -0.2) is 18.1 Å². The highest BCUT2D eigenvalue weighted by atomic mass is 32.2. The highest BCUT2D eigenvalue weighted by Gasteiger charge is 2.11. The summed E-state index contributed by atoms with van der Waals surface area (Å²) in [5, 5.41) is 2.95. The van der Waals surface area contributed by atoms with E-state index in [1.807, 2.05) is 47.8 Å². The molecule has 1 heterocycles. The van der Waals surface area contributed by atoms with Gasteiger partial charge in [-0.2, -0.15) is 0 Å². The van der Waals surface area contributed by atoms with Crippen molar-refractivity contribution in [3.8, 4) is 10.6 Å². The van der Waals surface area contributed by atoms with Gasteiger partial charge in [0, 0.05) is 23.9 Å². The number of hydrogen-bond donors (Lipinski definition) is 1. The lowest BCUT2D eigenvalue weighted by Crippen LogP contribution is -2.27. The Morgan fingerprint density at radius 3 is 2.64 bits per heavy atom. The molecule has 0 saturated carbocycles. The highest BCUT2D eigenvalue weighted by molar-refractivity contribution is 7.88. The highest BCUT2D eigenvalue weighted by Crippen LogP contribution is 2.24. The van der Waals surface area contributed by atoms with Crippen molar-refractivity contribution in [1.29, 1.82) is 0 Å². The third-order valence-electron chi connectivity index (χ3n) is 3.72. The van der Waals surface area contributed by atoms with E-state index < -0.39 is 10.0 Å². The summed E-state index contributed by atoms with van der Waals surface area (Å²) in [6.07, 6.45) is 0.580. The van der Waals surface area contributed by atoms with E-state index in [2.05, 4.69) is 28.8 Å². The van der Waals surface area contributed by atoms with Gasteiger partial charge in [0.15, 0.2) is 0 Å². The van der Waals surface area contributed by atoms with Crippen LogP contribution in [0.3, 0.4) is 0 Å². The molecular formula is C19H20N2O2S2. The number of sulfonamides is 1. The van der Waals surface area contributed by atoms with Crippen LogP contribution >= 0.6 is 11.3 Å². The van der Waals surface area contributed by atoms with Gasteiger partial charge in [0.25, 0.3) is 0 Å². The summed E-state index contributed by atoms with van der Waals surface area (Å²) in [4.78, 5) is 4.61. The molecule has 0 aliphatic rings. The number of rotatable bonds is 7. The smallest absolute Gasteiger partial charge is 0.215 e. The number of nitrogens with one attached hydrogen (secondary N) is 1. The summed E-state index contributed by atoms with van der Waals surface area (Å²) in [6.45, 7) is 2.41. The molecule has 0 aliphatic carbocycles. The van der Waals surface area contributed by atoms with Crippen molar-refractivity contribution in [2.75, 3.05) is 6.54 Å². The number of hydrogen-bond acceptors (Lipinski definition) is 4. The molecule has 0 fully saturated rings. The van der Waals surface area contributed by atoms with Gasteiger partial charge in [0.05, 0.1) is 11.4 Å². The minimum Gasteiger partial charge on any atom is -0.241 e. The van der Waals surface area contributed by atoms with Crippen molar-refractivity contribution in [3.05, 3.63) is 76.8 Å². The Balaban J connectivity index is 1.56. The lowest BCUT2D eigenvalue weighted by molar-refractivity contribution is 0.580. The Bertz CT molecular complexity index is 935. The number of benzene rings is 2. The normalized spacial score (nSPS) is 11.6. The first-order chi connectivity index (χ1) is 12.0. The number of thiazole rings is 1. The fourth-order valence-electron chi connectivity index (χ4n) is 2.51. The van der Waals surface area contributed by atoms with Crippen molar-refractivity contribution in [3.63, 3.8) is 0 Å². The average molecular weight is 373 g/mol. The predicted molar refractivity (Wildman–Crippen MR) is 103 cm³/mol. The quantitative estimate of drug-likeness (QED) is 0.687. The van der Waals surface area contributed by atoms with Crippen LogP contribution in [0.1, 0.15) is 16.8 Å². The Morgan fingerprint density at radius 1 is 1.08 bits per heavy atom. The lowest BCUT2D eigenvalue weighted by atomic mass is 10.1. The second kappa shape index (κ2) is 7.91. The molecule has 0 radical (unpaired) electrons. The molecule has 0 saturated heterocycles. The molecule has 3 aromatic rings. The van der Waals surface area contributed by atoms with E-state index in [4.69, 9.17) is 0 Å². The SMILES string of the molecule is Cc1cccc(-c2nc(CCNS(=O)(=O)Cc3ccccc3)cs2)c1. The van der Waals surface area contributed by atoms with Crippen LogP contribution in [-0.4, -0.2) is 19.9 Å². The molecule has 1 N–H and O–H groups in total. The fraction of sp³-hybridized carbons (Fsp3) is 0.211. The zero-order valence-corrected chi connectivity index (χ0v) is 15.6. The van der Waals surface area contributed by atoms with Gasteiger partial charge < -0.3 is 0 Å². The van der Waals surface area contributed by atoms with E-state index in [0.29, 0.717) is 13.0 Å². The van der Waals surface area contributed by atoms with Crippen molar-refractivity contribution in [2.24, 2.45) is 0 Å². The van der Waals surface area contributed by atoms with E-state index >= 15 is 0 Å². The molecule has 3 rings (SSSR count). The van der Waals surface area contributed by atoms with Crippen molar-refractivity contribution < 1.29 is 8.42 Å². The van der Waals surface area contributed by atoms with Gasteiger partial charge in [0.1, 0.15) is 5.01 Å². The minimum atomic E-state index is -3.33. The Morgan fingerprint density at radius 2 is 1.88 bits per heavy atom. The molecule has 1 aromatic heterocycles. The summed E-state index contributed by atoms with van der Waals surface area (Å²) < 4.78 is 26.9. The van der Waals surface area contributed by atoms with Gasteiger partial charge in [-0.3, -0.25) is 0 Å². The molecule has 0 unspecified atom stereocenters. The topological polar surface area (TPSA) is 59.1 Å². The summed E-state index contributed by atoms with van der Waals surface area (Å²) in [5.74, 6) is -0.000548. The van der Waals surface area contributed by atoms with Crippen LogP contribution in [-0.2, 0) is 22.2 Å². The van der Waals surface area contributed by atoms with Crippen molar-refractivity contribution >= 4 is 21.4 Å². The van der Waals surface area contributed by atoms with Crippen molar-refractivity contribution in [2.45, 2.75) is 19.1 Å². The maximum atomic E-state index is 12.1. The maximum Gasteiger partial charge on any atom is 0.215 e. The van der Waals surface area contributed by atoms with E-state index in [-0.39, 0.29) is 5.75 Å². The Hall–Kier alpha value is -2.02. The standard InChI is InChI=1S/C19H20N2O2S2/c1-15-6-5-9-17(12-15)19-21-18(13-24-19)10-11-20-25(22,23)14-16-7-3-2-4-8-16/h2-9,12-13,20H,10-11,14H2,1H3. The van der Waals surface area contributed by atoms with E-state index in [1.165, 1.54) is 5.56 Å². The van der Waals surface area contributed by atoms with Crippen LogP contribution < -0.4 is 4.72 Å². The monoisotopic (exact) mass is 372 g/mol.